The van der Waals surface area contributed by atoms with Crippen molar-refractivity contribution in [3.8, 4) is 0 Å². The topological polar surface area (TPSA) is 12.0 Å². The number of nitrogens with one attached hydrogen (secondary N) is 1. The maximum atomic E-state index is 6.12. The third-order valence-corrected chi connectivity index (χ3v) is 3.12. The second-order valence-electron chi connectivity index (χ2n) is 4.26. The molecule has 0 saturated carbocycles. The summed E-state index contributed by atoms with van der Waals surface area (Å²) in [4.78, 5) is 0. The van der Waals surface area contributed by atoms with E-state index in [1.165, 1.54) is 11.1 Å². The highest BCUT2D eigenvalue weighted by Crippen LogP contribution is 2.25. The SMILES string of the molecule is Cc1cccc(C(C)Nc2ccccc2Cl)c1. The third-order valence-electron chi connectivity index (χ3n) is 2.79. The van der Waals surface area contributed by atoms with Crippen LogP contribution in [-0.2, 0) is 0 Å². The molecule has 0 fully saturated rings. The van der Waals surface area contributed by atoms with Crippen molar-refractivity contribution in [3.63, 3.8) is 0 Å². The summed E-state index contributed by atoms with van der Waals surface area (Å²) in [5.41, 5.74) is 3.52. The van der Waals surface area contributed by atoms with Gasteiger partial charge in [0.2, 0.25) is 0 Å². The van der Waals surface area contributed by atoms with Crippen LogP contribution in [0.5, 0.6) is 0 Å². The van der Waals surface area contributed by atoms with Crippen molar-refractivity contribution in [2.45, 2.75) is 19.9 Å². The zero-order valence-electron chi connectivity index (χ0n) is 10.1. The number of aryl methyl sites for hydroxylation is 1. The highest BCUT2D eigenvalue weighted by molar-refractivity contribution is 6.33. The van der Waals surface area contributed by atoms with Crippen LogP contribution in [0, 0.1) is 6.92 Å². The molecule has 2 heteroatoms. The van der Waals surface area contributed by atoms with Gasteiger partial charge in [0.15, 0.2) is 0 Å². The van der Waals surface area contributed by atoms with Crippen LogP contribution in [0.1, 0.15) is 24.1 Å². The molecule has 88 valence electrons. The maximum Gasteiger partial charge on any atom is 0.0637 e. The van der Waals surface area contributed by atoms with E-state index in [1.807, 2.05) is 24.3 Å². The van der Waals surface area contributed by atoms with Crippen LogP contribution in [-0.4, -0.2) is 0 Å². The lowest BCUT2D eigenvalue weighted by atomic mass is 10.1. The molecule has 0 aliphatic heterocycles. The molecule has 2 aromatic carbocycles. The smallest absolute Gasteiger partial charge is 0.0637 e. The van der Waals surface area contributed by atoms with E-state index in [0.717, 1.165) is 10.7 Å². The highest BCUT2D eigenvalue weighted by atomic mass is 35.5. The van der Waals surface area contributed by atoms with Gasteiger partial charge in [0, 0.05) is 6.04 Å². The molecule has 1 atom stereocenters. The van der Waals surface area contributed by atoms with Gasteiger partial charge in [-0.05, 0) is 31.5 Å². The van der Waals surface area contributed by atoms with Gasteiger partial charge in [-0.15, -0.1) is 0 Å². The Morgan fingerprint density at radius 3 is 2.53 bits per heavy atom. The van der Waals surface area contributed by atoms with Crippen LogP contribution in [0.3, 0.4) is 0 Å². The van der Waals surface area contributed by atoms with Gasteiger partial charge >= 0.3 is 0 Å². The first-order chi connectivity index (χ1) is 8.16. The average Bonchev–Trinajstić information content (AvgIpc) is 2.32. The summed E-state index contributed by atoms with van der Waals surface area (Å²) in [6, 6.07) is 16.6. The van der Waals surface area contributed by atoms with E-state index < -0.39 is 0 Å². The van der Waals surface area contributed by atoms with Crippen molar-refractivity contribution >= 4 is 17.3 Å². The summed E-state index contributed by atoms with van der Waals surface area (Å²) in [7, 11) is 0. The quantitative estimate of drug-likeness (QED) is 0.817. The van der Waals surface area contributed by atoms with Crippen molar-refractivity contribution in [1.29, 1.82) is 0 Å². The Morgan fingerprint density at radius 2 is 1.82 bits per heavy atom. The van der Waals surface area contributed by atoms with Gasteiger partial charge in [0.05, 0.1) is 10.7 Å². The molecule has 0 aliphatic rings. The molecule has 1 unspecified atom stereocenters. The van der Waals surface area contributed by atoms with Crippen LogP contribution in [0.15, 0.2) is 48.5 Å². The lowest BCUT2D eigenvalue weighted by Crippen LogP contribution is -2.06. The molecule has 2 rings (SSSR count). The van der Waals surface area contributed by atoms with Crippen LogP contribution in [0.25, 0.3) is 0 Å². The minimum absolute atomic E-state index is 0.245. The number of anilines is 1. The molecule has 2 aromatic rings. The van der Waals surface area contributed by atoms with Crippen LogP contribution < -0.4 is 5.32 Å². The average molecular weight is 246 g/mol. The molecule has 0 amide bonds. The molecule has 0 heterocycles. The number of benzene rings is 2. The number of halogens is 1. The van der Waals surface area contributed by atoms with Gasteiger partial charge in [-0.3, -0.25) is 0 Å². The second-order valence-corrected chi connectivity index (χ2v) is 4.67. The Hall–Kier alpha value is -1.47. The molecule has 1 nitrogen and oxygen atoms in total. The lowest BCUT2D eigenvalue weighted by molar-refractivity contribution is 0.883. The van der Waals surface area contributed by atoms with Gasteiger partial charge in [0.25, 0.3) is 0 Å². The minimum Gasteiger partial charge on any atom is -0.377 e. The molecular formula is C15H16ClN. The number of para-hydroxylation sites is 1. The minimum atomic E-state index is 0.245. The van der Waals surface area contributed by atoms with E-state index in [1.54, 1.807) is 0 Å². The van der Waals surface area contributed by atoms with E-state index >= 15 is 0 Å². The van der Waals surface area contributed by atoms with E-state index in [4.69, 9.17) is 11.6 Å². The second kappa shape index (κ2) is 5.24. The van der Waals surface area contributed by atoms with Crippen LogP contribution in [0.2, 0.25) is 5.02 Å². The molecule has 0 saturated heterocycles. The van der Waals surface area contributed by atoms with Crippen molar-refractivity contribution in [2.75, 3.05) is 5.32 Å². The third kappa shape index (κ3) is 3.01. The summed E-state index contributed by atoms with van der Waals surface area (Å²) < 4.78 is 0. The Morgan fingerprint density at radius 1 is 1.06 bits per heavy atom. The Balaban J connectivity index is 2.17. The van der Waals surface area contributed by atoms with Crippen molar-refractivity contribution in [2.24, 2.45) is 0 Å². The Bertz CT molecular complexity index is 508. The Labute approximate surface area is 107 Å². The fourth-order valence-electron chi connectivity index (χ4n) is 1.83. The normalized spacial score (nSPS) is 12.2. The predicted octanol–water partition coefficient (Wildman–Crippen LogP) is 4.82. The summed E-state index contributed by atoms with van der Waals surface area (Å²) in [5.74, 6) is 0. The van der Waals surface area contributed by atoms with E-state index in [0.29, 0.717) is 0 Å². The molecule has 0 bridgehead atoms. The maximum absolute atomic E-state index is 6.12. The first-order valence-electron chi connectivity index (χ1n) is 5.74. The summed E-state index contributed by atoms with van der Waals surface area (Å²) in [6.45, 7) is 4.24. The zero-order valence-corrected chi connectivity index (χ0v) is 10.8. The number of rotatable bonds is 3. The summed E-state index contributed by atoms with van der Waals surface area (Å²) in [6.07, 6.45) is 0. The fourth-order valence-corrected chi connectivity index (χ4v) is 2.02. The van der Waals surface area contributed by atoms with Crippen LogP contribution in [0.4, 0.5) is 5.69 Å². The molecule has 0 aromatic heterocycles. The lowest BCUT2D eigenvalue weighted by Gasteiger charge is -2.17. The van der Waals surface area contributed by atoms with Crippen molar-refractivity contribution < 1.29 is 0 Å². The Kier molecular flexibility index (Phi) is 3.70. The first kappa shape index (κ1) is 12.0. The molecular weight excluding hydrogens is 230 g/mol. The molecule has 0 aliphatic carbocycles. The molecule has 17 heavy (non-hydrogen) atoms. The fraction of sp³-hybridized carbons (Fsp3) is 0.200. The van der Waals surface area contributed by atoms with Gasteiger partial charge < -0.3 is 5.32 Å². The van der Waals surface area contributed by atoms with E-state index in [-0.39, 0.29) is 6.04 Å². The number of hydrogen-bond donors (Lipinski definition) is 1. The van der Waals surface area contributed by atoms with Crippen LogP contribution >= 0.6 is 11.6 Å². The summed E-state index contributed by atoms with van der Waals surface area (Å²) >= 11 is 6.12. The monoisotopic (exact) mass is 245 g/mol. The van der Waals surface area contributed by atoms with E-state index in [2.05, 4.69) is 43.4 Å². The van der Waals surface area contributed by atoms with Crippen molar-refractivity contribution in [3.05, 3.63) is 64.7 Å². The molecule has 0 spiro atoms. The number of hydrogen-bond acceptors (Lipinski definition) is 1. The van der Waals surface area contributed by atoms with E-state index in [9.17, 15) is 0 Å². The predicted molar refractivity (Wildman–Crippen MR) is 74.7 cm³/mol. The van der Waals surface area contributed by atoms with Gasteiger partial charge in [-0.1, -0.05) is 53.6 Å². The van der Waals surface area contributed by atoms with Gasteiger partial charge in [-0.2, -0.15) is 0 Å². The molecule has 1 N–H and O–H groups in total. The standard InChI is InChI=1S/C15H16ClN/c1-11-6-5-7-13(10-11)12(2)17-15-9-4-3-8-14(15)16/h3-10,12,17H,1-2H3. The summed E-state index contributed by atoms with van der Waals surface area (Å²) in [5, 5.41) is 4.18. The molecule has 0 radical (unpaired) electrons. The highest BCUT2D eigenvalue weighted by Gasteiger charge is 2.06. The first-order valence-corrected chi connectivity index (χ1v) is 6.12. The largest absolute Gasteiger partial charge is 0.377 e. The van der Waals surface area contributed by atoms with Gasteiger partial charge in [0.1, 0.15) is 0 Å². The zero-order chi connectivity index (χ0) is 12.3. The van der Waals surface area contributed by atoms with Crippen molar-refractivity contribution in [1.82, 2.24) is 0 Å². The van der Waals surface area contributed by atoms with Gasteiger partial charge in [-0.25, -0.2) is 0 Å².